The van der Waals surface area contributed by atoms with Crippen molar-refractivity contribution < 1.29 is 13.6 Å². The lowest BCUT2D eigenvalue weighted by molar-refractivity contribution is -0.00412. The Morgan fingerprint density at radius 3 is 2.56 bits per heavy atom. The summed E-state index contributed by atoms with van der Waals surface area (Å²) >= 11 is 0. The van der Waals surface area contributed by atoms with E-state index in [0.717, 1.165) is 0 Å². The summed E-state index contributed by atoms with van der Waals surface area (Å²) in [6, 6.07) is 0. The van der Waals surface area contributed by atoms with Gasteiger partial charge in [-0.15, -0.1) is 0 Å². The van der Waals surface area contributed by atoms with E-state index in [2.05, 4.69) is 4.72 Å². The zero-order valence-electron chi connectivity index (χ0n) is 4.74. The van der Waals surface area contributed by atoms with Crippen LogP contribution in [0.2, 0.25) is 0 Å². The van der Waals surface area contributed by atoms with Gasteiger partial charge in [-0.05, 0) is 6.42 Å². The topological polar surface area (TPSA) is 69.6 Å². The van der Waals surface area contributed by atoms with Gasteiger partial charge in [-0.25, -0.2) is 4.72 Å². The number of nitrogens with one attached hydrogen (secondary N) is 1. The molecule has 1 aliphatic heterocycles. The van der Waals surface area contributed by atoms with E-state index >= 15 is 0 Å². The highest BCUT2D eigenvalue weighted by Gasteiger charge is 2.22. The first-order chi connectivity index (χ1) is 4.13. The molecule has 5 nitrogen and oxygen atoms in total. The van der Waals surface area contributed by atoms with E-state index in [0.29, 0.717) is 17.4 Å². The molecule has 0 unspecified atom stereocenters. The second-order valence-electron chi connectivity index (χ2n) is 1.80. The Balaban J connectivity index is 2.72. The minimum Gasteiger partial charge on any atom is -0.298 e. The first kappa shape index (κ1) is 6.94. The molecule has 0 aromatic carbocycles. The highest BCUT2D eigenvalue weighted by Crippen LogP contribution is 1.99. The average Bonchev–Trinajstić information content (AvgIpc) is 1.77. The quantitative estimate of drug-likeness (QED) is 0.463. The first-order valence-electron chi connectivity index (χ1n) is 2.59. The highest BCUT2D eigenvalue weighted by atomic mass is 32.2. The third kappa shape index (κ3) is 1.39. The van der Waals surface area contributed by atoms with Gasteiger partial charge in [0.15, 0.2) is 0 Å². The predicted octanol–water partition coefficient (Wildman–Crippen LogP) is -1.08. The van der Waals surface area contributed by atoms with Gasteiger partial charge in [0.2, 0.25) is 0 Å². The third-order valence-electron chi connectivity index (χ3n) is 1.09. The minimum atomic E-state index is -3.52. The van der Waals surface area contributed by atoms with E-state index in [1.807, 2.05) is 0 Å². The molecular weight excluding hydrogens is 144 g/mol. The average molecular weight is 152 g/mol. The second-order valence-corrected chi connectivity index (χ2v) is 3.46. The molecule has 0 saturated carbocycles. The number of rotatable bonds is 0. The molecule has 0 aliphatic carbocycles. The molecule has 54 valence electrons. The van der Waals surface area contributed by atoms with Gasteiger partial charge in [-0.3, -0.25) is 5.21 Å². The van der Waals surface area contributed by atoms with Gasteiger partial charge in [-0.2, -0.15) is 8.42 Å². The van der Waals surface area contributed by atoms with Crippen LogP contribution in [-0.4, -0.2) is 31.2 Å². The Kier molecular flexibility index (Phi) is 1.71. The maximum absolute atomic E-state index is 10.5. The Labute approximate surface area is 53.4 Å². The van der Waals surface area contributed by atoms with Crippen LogP contribution in [0.5, 0.6) is 0 Å². The Hall–Kier alpha value is -0.170. The summed E-state index contributed by atoms with van der Waals surface area (Å²) in [5.74, 6) is 0. The standard InChI is InChI=1S/C3H8N2O3S/c6-5-3-1-2-4-9(5,7)8/h4,6H,1-3H2. The molecule has 9 heavy (non-hydrogen) atoms. The van der Waals surface area contributed by atoms with Crippen molar-refractivity contribution in [3.8, 4) is 0 Å². The fourth-order valence-corrected chi connectivity index (χ4v) is 1.53. The molecule has 2 N–H and O–H groups in total. The monoisotopic (exact) mass is 152 g/mol. The summed E-state index contributed by atoms with van der Waals surface area (Å²) in [6.45, 7) is 0.606. The number of hydroxylamine groups is 1. The van der Waals surface area contributed by atoms with E-state index in [4.69, 9.17) is 5.21 Å². The molecule has 1 heterocycles. The van der Waals surface area contributed by atoms with Crippen LogP contribution in [0.4, 0.5) is 0 Å². The Morgan fingerprint density at radius 1 is 1.56 bits per heavy atom. The number of nitrogens with zero attached hydrogens (tertiary/aromatic N) is 1. The molecule has 0 amide bonds. The zero-order valence-corrected chi connectivity index (χ0v) is 5.56. The molecule has 0 atom stereocenters. The van der Waals surface area contributed by atoms with E-state index in [-0.39, 0.29) is 6.54 Å². The van der Waals surface area contributed by atoms with Crippen molar-refractivity contribution in [1.29, 1.82) is 0 Å². The van der Waals surface area contributed by atoms with Crippen molar-refractivity contribution in [2.24, 2.45) is 0 Å². The smallest absolute Gasteiger partial charge is 0.298 e. The molecule has 0 bridgehead atoms. The molecule has 1 fully saturated rings. The lowest BCUT2D eigenvalue weighted by atomic mass is 10.4. The number of hydrogen-bond acceptors (Lipinski definition) is 3. The van der Waals surface area contributed by atoms with E-state index in [1.165, 1.54) is 0 Å². The minimum absolute atomic E-state index is 0.190. The van der Waals surface area contributed by atoms with E-state index in [1.54, 1.807) is 0 Å². The van der Waals surface area contributed by atoms with E-state index in [9.17, 15) is 8.42 Å². The number of hydrogen-bond donors (Lipinski definition) is 2. The second kappa shape index (κ2) is 2.22. The van der Waals surface area contributed by atoms with Crippen LogP contribution in [0.1, 0.15) is 6.42 Å². The highest BCUT2D eigenvalue weighted by molar-refractivity contribution is 7.87. The Morgan fingerprint density at radius 2 is 2.22 bits per heavy atom. The molecule has 6 heteroatoms. The third-order valence-corrected chi connectivity index (χ3v) is 2.39. The van der Waals surface area contributed by atoms with Gasteiger partial charge in [-0.1, -0.05) is 4.47 Å². The van der Waals surface area contributed by atoms with Gasteiger partial charge in [0.25, 0.3) is 0 Å². The molecule has 0 radical (unpaired) electrons. The molecule has 1 saturated heterocycles. The normalized spacial score (nSPS) is 28.1. The fourth-order valence-electron chi connectivity index (χ4n) is 0.610. The Bertz CT molecular complexity index is 187. The predicted molar refractivity (Wildman–Crippen MR) is 30.0 cm³/mol. The fraction of sp³-hybridized carbons (Fsp3) is 1.00. The van der Waals surface area contributed by atoms with Crippen molar-refractivity contribution in [3.05, 3.63) is 0 Å². The van der Waals surface area contributed by atoms with Crippen molar-refractivity contribution in [2.45, 2.75) is 6.42 Å². The summed E-state index contributed by atoms with van der Waals surface area (Å²) in [7, 11) is -3.52. The van der Waals surface area contributed by atoms with Crippen LogP contribution < -0.4 is 4.72 Å². The van der Waals surface area contributed by atoms with Crippen molar-refractivity contribution in [3.63, 3.8) is 0 Å². The maximum atomic E-state index is 10.5. The zero-order chi connectivity index (χ0) is 6.91. The summed E-state index contributed by atoms with van der Waals surface area (Å²) in [5, 5.41) is 8.62. The van der Waals surface area contributed by atoms with Gasteiger partial charge >= 0.3 is 10.2 Å². The first-order valence-corrected chi connectivity index (χ1v) is 4.03. The van der Waals surface area contributed by atoms with Gasteiger partial charge in [0.05, 0.1) is 0 Å². The largest absolute Gasteiger partial charge is 0.301 e. The van der Waals surface area contributed by atoms with Crippen molar-refractivity contribution in [1.82, 2.24) is 9.19 Å². The van der Waals surface area contributed by atoms with Gasteiger partial charge in [0, 0.05) is 13.1 Å². The molecule has 0 spiro atoms. The maximum Gasteiger partial charge on any atom is 0.301 e. The molecule has 1 rings (SSSR count). The molecule has 0 aromatic heterocycles. The summed E-state index contributed by atoms with van der Waals surface area (Å²) < 4.78 is 23.6. The van der Waals surface area contributed by atoms with Crippen LogP contribution in [0.25, 0.3) is 0 Å². The van der Waals surface area contributed by atoms with Gasteiger partial charge in [0.1, 0.15) is 0 Å². The summed E-state index contributed by atoms with van der Waals surface area (Å²) in [5.41, 5.74) is 0. The van der Waals surface area contributed by atoms with Crippen LogP contribution in [0.3, 0.4) is 0 Å². The van der Waals surface area contributed by atoms with Crippen LogP contribution >= 0.6 is 0 Å². The summed E-state index contributed by atoms with van der Waals surface area (Å²) in [4.78, 5) is 0. The summed E-state index contributed by atoms with van der Waals surface area (Å²) in [6.07, 6.45) is 0.649. The van der Waals surface area contributed by atoms with Crippen LogP contribution in [0, 0.1) is 0 Å². The lowest BCUT2D eigenvalue weighted by Gasteiger charge is -2.19. The van der Waals surface area contributed by atoms with Crippen molar-refractivity contribution in [2.75, 3.05) is 13.1 Å². The van der Waals surface area contributed by atoms with Gasteiger partial charge < -0.3 is 0 Å². The SMILES string of the molecule is O=S1(=O)NCCCN1O. The molecule has 1 aliphatic rings. The lowest BCUT2D eigenvalue weighted by Crippen LogP contribution is -2.44. The van der Waals surface area contributed by atoms with Crippen LogP contribution in [-0.2, 0) is 10.2 Å². The van der Waals surface area contributed by atoms with Crippen LogP contribution in [0.15, 0.2) is 0 Å². The molecule has 0 aromatic rings. The van der Waals surface area contributed by atoms with Crippen molar-refractivity contribution >= 4 is 10.2 Å². The molecular formula is C3H8N2O3S. The van der Waals surface area contributed by atoms with E-state index < -0.39 is 10.2 Å².